The van der Waals surface area contributed by atoms with Crippen molar-refractivity contribution in [2.75, 3.05) is 7.11 Å². The SMILES string of the molecule is COc1c(C(=O)O)cccc1-c1ccc(Cl)c(C#N)c1. The van der Waals surface area contributed by atoms with Crippen molar-refractivity contribution in [3.05, 3.63) is 52.5 Å². The lowest BCUT2D eigenvalue weighted by Crippen LogP contribution is -2.01. The topological polar surface area (TPSA) is 70.3 Å². The summed E-state index contributed by atoms with van der Waals surface area (Å²) >= 11 is 5.89. The van der Waals surface area contributed by atoms with Crippen LogP contribution in [0.5, 0.6) is 5.75 Å². The normalized spacial score (nSPS) is 9.85. The van der Waals surface area contributed by atoms with Gasteiger partial charge in [0, 0.05) is 5.56 Å². The molecule has 5 heteroatoms. The molecule has 0 aliphatic heterocycles. The van der Waals surface area contributed by atoms with E-state index in [1.165, 1.54) is 13.2 Å². The Kier molecular flexibility index (Phi) is 3.92. The van der Waals surface area contributed by atoms with E-state index in [0.717, 1.165) is 0 Å². The van der Waals surface area contributed by atoms with Crippen LogP contribution in [-0.4, -0.2) is 18.2 Å². The predicted octanol–water partition coefficient (Wildman–Crippen LogP) is 3.59. The number of para-hydroxylation sites is 1. The largest absolute Gasteiger partial charge is 0.495 e. The Balaban J connectivity index is 2.67. The van der Waals surface area contributed by atoms with Crippen LogP contribution in [0.4, 0.5) is 0 Å². The molecule has 0 atom stereocenters. The molecular weight excluding hydrogens is 278 g/mol. The van der Waals surface area contributed by atoms with E-state index in [2.05, 4.69) is 0 Å². The third-order valence-corrected chi connectivity index (χ3v) is 3.18. The van der Waals surface area contributed by atoms with Gasteiger partial charge in [-0.3, -0.25) is 0 Å². The molecule has 100 valence electrons. The molecule has 20 heavy (non-hydrogen) atoms. The number of carboxylic acids is 1. The summed E-state index contributed by atoms with van der Waals surface area (Å²) in [6, 6.07) is 11.7. The molecule has 2 aromatic rings. The highest BCUT2D eigenvalue weighted by molar-refractivity contribution is 6.31. The van der Waals surface area contributed by atoms with Crippen molar-refractivity contribution < 1.29 is 14.6 Å². The molecule has 0 heterocycles. The van der Waals surface area contributed by atoms with Crippen LogP contribution >= 0.6 is 11.6 Å². The quantitative estimate of drug-likeness (QED) is 0.936. The lowest BCUT2D eigenvalue weighted by atomic mass is 9.99. The highest BCUT2D eigenvalue weighted by atomic mass is 35.5. The zero-order valence-corrected chi connectivity index (χ0v) is 11.3. The number of carbonyl (C=O) groups is 1. The van der Waals surface area contributed by atoms with E-state index in [4.69, 9.17) is 26.7 Å². The molecule has 4 nitrogen and oxygen atoms in total. The lowest BCUT2D eigenvalue weighted by Gasteiger charge is -2.12. The van der Waals surface area contributed by atoms with Gasteiger partial charge in [0.15, 0.2) is 0 Å². The molecule has 0 unspecified atom stereocenters. The number of methoxy groups -OCH3 is 1. The molecule has 0 fully saturated rings. The van der Waals surface area contributed by atoms with Crippen LogP contribution in [0.3, 0.4) is 0 Å². The number of halogens is 1. The van der Waals surface area contributed by atoms with Gasteiger partial charge in [0.1, 0.15) is 17.4 Å². The Bertz CT molecular complexity index is 720. The first-order valence-electron chi connectivity index (χ1n) is 5.68. The number of carboxylic acid groups (broad SMARTS) is 1. The minimum Gasteiger partial charge on any atom is -0.495 e. The molecule has 1 N–H and O–H groups in total. The monoisotopic (exact) mass is 287 g/mol. The Labute approximate surface area is 120 Å². The van der Waals surface area contributed by atoms with Gasteiger partial charge in [-0.15, -0.1) is 0 Å². The molecule has 0 aromatic heterocycles. The second-order valence-corrected chi connectivity index (χ2v) is 4.41. The van der Waals surface area contributed by atoms with Crippen molar-refractivity contribution in [3.8, 4) is 22.9 Å². The minimum absolute atomic E-state index is 0.0680. The maximum Gasteiger partial charge on any atom is 0.339 e. The van der Waals surface area contributed by atoms with Crippen molar-refractivity contribution in [3.63, 3.8) is 0 Å². The van der Waals surface area contributed by atoms with E-state index in [1.54, 1.807) is 30.3 Å². The summed E-state index contributed by atoms with van der Waals surface area (Å²) in [6.07, 6.45) is 0. The van der Waals surface area contributed by atoms with Crippen LogP contribution in [0.1, 0.15) is 15.9 Å². The van der Waals surface area contributed by atoms with Crippen molar-refractivity contribution in [2.24, 2.45) is 0 Å². The number of ether oxygens (including phenoxy) is 1. The lowest BCUT2D eigenvalue weighted by molar-refractivity contribution is 0.0693. The van der Waals surface area contributed by atoms with Crippen molar-refractivity contribution >= 4 is 17.6 Å². The average Bonchev–Trinajstić information content (AvgIpc) is 2.46. The summed E-state index contributed by atoms with van der Waals surface area (Å²) in [6.45, 7) is 0. The van der Waals surface area contributed by atoms with Crippen LogP contribution in [0.25, 0.3) is 11.1 Å². The van der Waals surface area contributed by atoms with Gasteiger partial charge in [0.05, 0.1) is 17.7 Å². The number of hydrogen-bond donors (Lipinski definition) is 1. The van der Waals surface area contributed by atoms with E-state index >= 15 is 0 Å². The number of nitrogens with zero attached hydrogens (tertiary/aromatic N) is 1. The number of benzene rings is 2. The smallest absolute Gasteiger partial charge is 0.339 e. The van der Waals surface area contributed by atoms with E-state index in [9.17, 15) is 4.79 Å². The average molecular weight is 288 g/mol. The zero-order chi connectivity index (χ0) is 14.7. The molecule has 0 aliphatic rings. The molecular formula is C15H10ClNO3. The molecule has 0 bridgehead atoms. The second-order valence-electron chi connectivity index (χ2n) is 4.00. The minimum atomic E-state index is -1.07. The molecule has 2 rings (SSSR count). The van der Waals surface area contributed by atoms with Gasteiger partial charge < -0.3 is 9.84 Å². The first-order chi connectivity index (χ1) is 9.58. The van der Waals surface area contributed by atoms with E-state index in [0.29, 0.717) is 21.7 Å². The third-order valence-electron chi connectivity index (χ3n) is 2.85. The number of hydrogen-bond acceptors (Lipinski definition) is 3. The first kappa shape index (κ1) is 13.9. The summed E-state index contributed by atoms with van der Waals surface area (Å²) in [5.74, 6) is -0.815. The van der Waals surface area contributed by atoms with Gasteiger partial charge >= 0.3 is 5.97 Å². The van der Waals surface area contributed by atoms with Crippen LogP contribution in [0.15, 0.2) is 36.4 Å². The van der Waals surface area contributed by atoms with E-state index < -0.39 is 5.97 Å². The molecule has 0 saturated heterocycles. The first-order valence-corrected chi connectivity index (χ1v) is 6.06. The zero-order valence-electron chi connectivity index (χ0n) is 10.6. The maximum atomic E-state index is 11.2. The van der Waals surface area contributed by atoms with Crippen molar-refractivity contribution in [1.29, 1.82) is 5.26 Å². The molecule has 0 spiro atoms. The fraction of sp³-hybridized carbons (Fsp3) is 0.0667. The standard InChI is InChI=1S/C15H10ClNO3/c1-20-14-11(3-2-4-12(14)15(18)19)9-5-6-13(16)10(7-9)8-17/h2-7H,1H3,(H,18,19). The fourth-order valence-corrected chi connectivity index (χ4v) is 2.09. The Morgan fingerprint density at radius 1 is 1.35 bits per heavy atom. The molecule has 0 saturated carbocycles. The molecule has 0 radical (unpaired) electrons. The van der Waals surface area contributed by atoms with Gasteiger partial charge in [-0.1, -0.05) is 29.8 Å². The molecule has 2 aromatic carbocycles. The van der Waals surface area contributed by atoms with Gasteiger partial charge in [0.25, 0.3) is 0 Å². The van der Waals surface area contributed by atoms with Gasteiger partial charge in [-0.2, -0.15) is 5.26 Å². The van der Waals surface area contributed by atoms with Gasteiger partial charge in [-0.05, 0) is 23.8 Å². The van der Waals surface area contributed by atoms with E-state index in [-0.39, 0.29) is 11.3 Å². The van der Waals surface area contributed by atoms with Gasteiger partial charge in [0.2, 0.25) is 0 Å². The number of nitriles is 1. The van der Waals surface area contributed by atoms with Crippen LogP contribution in [0.2, 0.25) is 5.02 Å². The van der Waals surface area contributed by atoms with E-state index in [1.807, 2.05) is 6.07 Å². The van der Waals surface area contributed by atoms with Crippen LogP contribution in [-0.2, 0) is 0 Å². The Morgan fingerprint density at radius 3 is 2.70 bits per heavy atom. The summed E-state index contributed by atoms with van der Waals surface area (Å²) in [4.78, 5) is 11.2. The van der Waals surface area contributed by atoms with Gasteiger partial charge in [-0.25, -0.2) is 4.79 Å². The van der Waals surface area contributed by atoms with Crippen LogP contribution < -0.4 is 4.74 Å². The summed E-state index contributed by atoms with van der Waals surface area (Å²) in [5.41, 5.74) is 1.66. The summed E-state index contributed by atoms with van der Waals surface area (Å²) in [7, 11) is 1.41. The second kappa shape index (κ2) is 5.64. The number of aromatic carboxylic acids is 1. The summed E-state index contributed by atoms with van der Waals surface area (Å²) < 4.78 is 5.20. The van der Waals surface area contributed by atoms with Crippen molar-refractivity contribution in [1.82, 2.24) is 0 Å². The highest BCUT2D eigenvalue weighted by Gasteiger charge is 2.16. The predicted molar refractivity (Wildman–Crippen MR) is 75.1 cm³/mol. The molecule has 0 aliphatic carbocycles. The van der Waals surface area contributed by atoms with Crippen LogP contribution in [0, 0.1) is 11.3 Å². The Morgan fingerprint density at radius 2 is 2.10 bits per heavy atom. The maximum absolute atomic E-state index is 11.2. The Hall–Kier alpha value is -2.51. The third kappa shape index (κ3) is 2.44. The number of rotatable bonds is 3. The molecule has 0 amide bonds. The summed E-state index contributed by atoms with van der Waals surface area (Å²) in [5, 5.41) is 18.5. The fourth-order valence-electron chi connectivity index (χ4n) is 1.93. The highest BCUT2D eigenvalue weighted by Crippen LogP contribution is 2.34. The van der Waals surface area contributed by atoms with Crippen molar-refractivity contribution in [2.45, 2.75) is 0 Å².